The Hall–Kier alpha value is -1.30. The fourth-order valence-corrected chi connectivity index (χ4v) is 1.87. The van der Waals surface area contributed by atoms with Crippen molar-refractivity contribution in [2.75, 3.05) is 20.2 Å². The molecule has 1 aliphatic rings. The Morgan fingerprint density at radius 3 is 2.94 bits per heavy atom. The number of nitrogens with two attached hydrogens (primary N) is 1. The van der Waals surface area contributed by atoms with Gasteiger partial charge in [0.25, 0.3) is 0 Å². The average molecular weight is 229 g/mol. The summed E-state index contributed by atoms with van der Waals surface area (Å²) in [6.45, 7) is 3.40. The highest BCUT2D eigenvalue weighted by Gasteiger charge is 2.28. The first-order chi connectivity index (χ1) is 7.58. The number of amides is 1. The molecule has 2 atom stereocenters. The van der Waals surface area contributed by atoms with Gasteiger partial charge in [0.2, 0.25) is 5.91 Å². The summed E-state index contributed by atoms with van der Waals surface area (Å²) in [5, 5.41) is 11.2. The number of piperidine rings is 1. The molecule has 1 amide bonds. The quantitative estimate of drug-likeness (QED) is 0.309. The Kier molecular flexibility index (Phi) is 4.54. The number of ether oxygens (including phenoxy) is 1. The van der Waals surface area contributed by atoms with Crippen LogP contribution in [0.1, 0.15) is 19.8 Å². The minimum atomic E-state index is -0.121. The van der Waals surface area contributed by atoms with Crippen LogP contribution in [0.2, 0.25) is 0 Å². The second kappa shape index (κ2) is 5.69. The van der Waals surface area contributed by atoms with Crippen LogP contribution < -0.4 is 5.73 Å². The lowest BCUT2D eigenvalue weighted by molar-refractivity contribution is -0.134. The predicted molar refractivity (Wildman–Crippen MR) is 59.2 cm³/mol. The summed E-state index contributed by atoms with van der Waals surface area (Å²) in [5.74, 6) is 0.278. The number of nitrogens with zero attached hydrogens (tertiary/aromatic N) is 2. The van der Waals surface area contributed by atoms with E-state index in [0.29, 0.717) is 19.0 Å². The maximum Gasteiger partial charge on any atom is 0.230 e. The van der Waals surface area contributed by atoms with Crippen LogP contribution in [0.5, 0.6) is 0 Å². The molecule has 0 aliphatic carbocycles. The summed E-state index contributed by atoms with van der Waals surface area (Å²) >= 11 is 0. The molecule has 0 radical (unpaired) electrons. The first-order valence-electron chi connectivity index (χ1n) is 5.35. The van der Waals surface area contributed by atoms with Crippen molar-refractivity contribution >= 4 is 11.7 Å². The zero-order valence-corrected chi connectivity index (χ0v) is 9.72. The third kappa shape index (κ3) is 3.10. The van der Waals surface area contributed by atoms with E-state index in [1.807, 2.05) is 0 Å². The van der Waals surface area contributed by atoms with Gasteiger partial charge in [0.05, 0.1) is 12.5 Å². The van der Waals surface area contributed by atoms with Crippen LogP contribution in [0, 0.1) is 5.92 Å². The minimum absolute atomic E-state index is 0.0404. The number of oxime groups is 1. The average Bonchev–Trinajstić information content (AvgIpc) is 2.29. The van der Waals surface area contributed by atoms with Crippen LogP contribution in [0.15, 0.2) is 5.16 Å². The molecule has 1 fully saturated rings. The van der Waals surface area contributed by atoms with E-state index in [-0.39, 0.29) is 24.3 Å². The number of likely N-dealkylation sites (tertiary alicyclic amines) is 1. The van der Waals surface area contributed by atoms with E-state index in [2.05, 4.69) is 12.1 Å². The molecule has 1 heterocycles. The van der Waals surface area contributed by atoms with Gasteiger partial charge < -0.3 is 20.6 Å². The molecule has 0 aromatic carbocycles. The summed E-state index contributed by atoms with van der Waals surface area (Å²) in [7, 11) is 1.65. The van der Waals surface area contributed by atoms with Crippen molar-refractivity contribution in [3.05, 3.63) is 0 Å². The summed E-state index contributed by atoms with van der Waals surface area (Å²) < 4.78 is 5.31. The van der Waals surface area contributed by atoms with Gasteiger partial charge in [-0.25, -0.2) is 0 Å². The highest BCUT2D eigenvalue weighted by molar-refractivity contribution is 5.98. The van der Waals surface area contributed by atoms with Crippen LogP contribution in [0.4, 0.5) is 0 Å². The molecular weight excluding hydrogens is 210 g/mol. The SMILES string of the molecule is COC1CN(C(=O)CC(N)=NO)CCC1C. The second-order valence-corrected chi connectivity index (χ2v) is 4.15. The van der Waals surface area contributed by atoms with Crippen LogP contribution in [-0.4, -0.2) is 48.2 Å². The Labute approximate surface area is 95.0 Å². The van der Waals surface area contributed by atoms with Crippen molar-refractivity contribution in [1.29, 1.82) is 0 Å². The van der Waals surface area contributed by atoms with Crippen LogP contribution in [0.3, 0.4) is 0 Å². The lowest BCUT2D eigenvalue weighted by atomic mass is 9.95. The van der Waals surface area contributed by atoms with Crippen LogP contribution in [-0.2, 0) is 9.53 Å². The summed E-state index contributed by atoms with van der Waals surface area (Å²) in [6, 6.07) is 0. The van der Waals surface area contributed by atoms with Crippen molar-refractivity contribution in [2.45, 2.75) is 25.9 Å². The topological polar surface area (TPSA) is 88.2 Å². The molecule has 6 nitrogen and oxygen atoms in total. The Morgan fingerprint density at radius 2 is 2.38 bits per heavy atom. The van der Waals surface area contributed by atoms with Gasteiger partial charge in [-0.05, 0) is 12.3 Å². The highest BCUT2D eigenvalue weighted by atomic mass is 16.5. The Balaban J connectivity index is 2.52. The number of carbonyl (C=O) groups is 1. The summed E-state index contributed by atoms with van der Waals surface area (Å²) in [4.78, 5) is 13.4. The van der Waals surface area contributed by atoms with Crippen molar-refractivity contribution in [2.24, 2.45) is 16.8 Å². The fourth-order valence-electron chi connectivity index (χ4n) is 1.87. The van der Waals surface area contributed by atoms with Gasteiger partial charge in [-0.2, -0.15) is 0 Å². The van der Waals surface area contributed by atoms with Gasteiger partial charge >= 0.3 is 0 Å². The zero-order valence-electron chi connectivity index (χ0n) is 9.72. The normalized spacial score (nSPS) is 26.9. The van der Waals surface area contributed by atoms with E-state index in [0.717, 1.165) is 6.42 Å². The standard InChI is InChI=1S/C10H19N3O3/c1-7-3-4-13(6-8(7)16-2)10(14)5-9(11)12-15/h7-8,15H,3-6H2,1-2H3,(H2,11,12). The van der Waals surface area contributed by atoms with Gasteiger partial charge in [0.15, 0.2) is 0 Å². The van der Waals surface area contributed by atoms with Gasteiger partial charge in [0, 0.05) is 20.2 Å². The van der Waals surface area contributed by atoms with E-state index >= 15 is 0 Å². The van der Waals surface area contributed by atoms with E-state index in [9.17, 15) is 4.79 Å². The zero-order chi connectivity index (χ0) is 12.1. The van der Waals surface area contributed by atoms with Crippen molar-refractivity contribution in [3.8, 4) is 0 Å². The third-order valence-electron chi connectivity index (χ3n) is 3.01. The largest absolute Gasteiger partial charge is 0.409 e. The highest BCUT2D eigenvalue weighted by Crippen LogP contribution is 2.19. The number of carbonyl (C=O) groups excluding carboxylic acids is 1. The van der Waals surface area contributed by atoms with E-state index in [4.69, 9.17) is 15.7 Å². The number of methoxy groups -OCH3 is 1. The van der Waals surface area contributed by atoms with Gasteiger partial charge in [0.1, 0.15) is 5.84 Å². The van der Waals surface area contributed by atoms with Gasteiger partial charge in [-0.3, -0.25) is 4.79 Å². The van der Waals surface area contributed by atoms with Crippen LogP contribution >= 0.6 is 0 Å². The molecule has 0 aromatic rings. The Bertz CT molecular complexity index is 280. The number of hydrogen-bond acceptors (Lipinski definition) is 4. The second-order valence-electron chi connectivity index (χ2n) is 4.15. The molecule has 3 N–H and O–H groups in total. The molecule has 16 heavy (non-hydrogen) atoms. The monoisotopic (exact) mass is 229 g/mol. The molecule has 0 spiro atoms. The van der Waals surface area contributed by atoms with E-state index < -0.39 is 0 Å². The lowest BCUT2D eigenvalue weighted by Gasteiger charge is -2.36. The van der Waals surface area contributed by atoms with Crippen molar-refractivity contribution in [3.63, 3.8) is 0 Å². The van der Waals surface area contributed by atoms with Gasteiger partial charge in [-0.15, -0.1) is 0 Å². The summed E-state index contributed by atoms with van der Waals surface area (Å²) in [5.41, 5.74) is 5.30. The van der Waals surface area contributed by atoms with Crippen LogP contribution in [0.25, 0.3) is 0 Å². The van der Waals surface area contributed by atoms with Crippen molar-refractivity contribution in [1.82, 2.24) is 4.90 Å². The fraction of sp³-hybridized carbons (Fsp3) is 0.800. The first-order valence-corrected chi connectivity index (χ1v) is 5.35. The van der Waals surface area contributed by atoms with Crippen molar-refractivity contribution < 1.29 is 14.7 Å². The molecule has 1 rings (SSSR count). The lowest BCUT2D eigenvalue weighted by Crippen LogP contribution is -2.47. The number of rotatable bonds is 3. The maximum atomic E-state index is 11.7. The minimum Gasteiger partial charge on any atom is -0.409 e. The molecule has 0 bridgehead atoms. The molecule has 1 saturated heterocycles. The molecule has 1 aliphatic heterocycles. The smallest absolute Gasteiger partial charge is 0.230 e. The Morgan fingerprint density at radius 1 is 1.69 bits per heavy atom. The summed E-state index contributed by atoms with van der Waals surface area (Å²) in [6.07, 6.45) is 0.951. The van der Waals surface area contributed by atoms with E-state index in [1.165, 1.54) is 0 Å². The van der Waals surface area contributed by atoms with Gasteiger partial charge in [-0.1, -0.05) is 12.1 Å². The predicted octanol–water partition coefficient (Wildman–Crippen LogP) is 0.00630. The third-order valence-corrected chi connectivity index (χ3v) is 3.01. The number of amidine groups is 1. The molecule has 0 aromatic heterocycles. The molecular formula is C10H19N3O3. The molecule has 6 heteroatoms. The molecule has 2 unspecified atom stereocenters. The van der Waals surface area contributed by atoms with E-state index in [1.54, 1.807) is 12.0 Å². The maximum absolute atomic E-state index is 11.7. The molecule has 0 saturated carbocycles. The number of hydrogen-bond donors (Lipinski definition) is 2. The first kappa shape index (κ1) is 12.8. The molecule has 92 valence electrons.